The first kappa shape index (κ1) is 7.31. The van der Waals surface area contributed by atoms with Gasteiger partial charge in [-0.1, -0.05) is 0 Å². The molecule has 14 heavy (non-hydrogen) atoms. The molecule has 0 amide bonds. The van der Waals surface area contributed by atoms with Crippen LogP contribution in [0, 0.1) is 6.92 Å². The van der Waals surface area contributed by atoms with E-state index in [0.717, 1.165) is 16.7 Å². The van der Waals surface area contributed by atoms with Gasteiger partial charge in [0, 0.05) is 12.3 Å². The third-order valence-electron chi connectivity index (χ3n) is 2.15. The fourth-order valence-electron chi connectivity index (χ4n) is 1.51. The minimum atomic E-state index is 0.516. The molecule has 3 N–H and O–H groups in total. The second-order valence-corrected chi connectivity index (χ2v) is 3.19. The maximum atomic E-state index is 5.67. The Bertz CT molecular complexity index is 619. The second-order valence-electron chi connectivity index (χ2n) is 3.19. The molecule has 3 rings (SSSR count). The van der Waals surface area contributed by atoms with Crippen molar-refractivity contribution in [2.24, 2.45) is 0 Å². The summed E-state index contributed by atoms with van der Waals surface area (Å²) in [5.41, 5.74) is 8.07. The number of fused-ring (bicyclic) bond motifs is 3. The van der Waals surface area contributed by atoms with E-state index in [1.165, 1.54) is 0 Å². The largest absolute Gasteiger partial charge is 0.383 e. The fourth-order valence-corrected chi connectivity index (χ4v) is 1.51. The number of anilines is 1. The number of aryl methyl sites for hydroxylation is 1. The molecule has 0 unspecified atom stereocenters. The fraction of sp³-hybridized carbons (Fsp3) is 0.125. The number of hydrogen-bond donors (Lipinski definition) is 2. The van der Waals surface area contributed by atoms with Crippen molar-refractivity contribution in [3.05, 3.63) is 18.0 Å². The number of nitrogens with zero attached hydrogens (tertiary/aromatic N) is 4. The summed E-state index contributed by atoms with van der Waals surface area (Å²) >= 11 is 0. The summed E-state index contributed by atoms with van der Waals surface area (Å²) < 4.78 is 1.68. The smallest absolute Gasteiger partial charge is 0.188 e. The molecule has 0 saturated heterocycles. The van der Waals surface area contributed by atoms with E-state index in [1.54, 1.807) is 10.7 Å². The van der Waals surface area contributed by atoms with Crippen molar-refractivity contribution >= 4 is 22.5 Å². The molecule has 70 valence electrons. The Labute approximate surface area is 78.7 Å². The van der Waals surface area contributed by atoms with Crippen LogP contribution < -0.4 is 5.73 Å². The van der Waals surface area contributed by atoms with E-state index in [4.69, 9.17) is 5.73 Å². The third kappa shape index (κ3) is 0.769. The number of nitrogen functional groups attached to an aromatic ring is 1. The summed E-state index contributed by atoms with van der Waals surface area (Å²) in [5, 5.41) is 11.8. The summed E-state index contributed by atoms with van der Waals surface area (Å²) in [5.74, 6) is 0.516. The minimum absolute atomic E-state index is 0.516. The van der Waals surface area contributed by atoms with Crippen LogP contribution in [-0.4, -0.2) is 24.8 Å². The number of rotatable bonds is 0. The Kier molecular flexibility index (Phi) is 1.16. The van der Waals surface area contributed by atoms with Crippen molar-refractivity contribution in [1.82, 2.24) is 24.8 Å². The lowest BCUT2D eigenvalue weighted by atomic mass is 10.4. The van der Waals surface area contributed by atoms with Gasteiger partial charge >= 0.3 is 0 Å². The van der Waals surface area contributed by atoms with Crippen LogP contribution in [0.25, 0.3) is 16.7 Å². The van der Waals surface area contributed by atoms with Gasteiger partial charge < -0.3 is 5.73 Å². The lowest BCUT2D eigenvalue weighted by Crippen LogP contribution is -1.92. The molecule has 3 aromatic heterocycles. The SMILES string of the molecule is Cc1cc2ncc3c(N)[nH]nc3n2n1. The molecule has 0 aliphatic heterocycles. The Morgan fingerprint density at radius 2 is 2.36 bits per heavy atom. The van der Waals surface area contributed by atoms with Gasteiger partial charge in [0.15, 0.2) is 11.3 Å². The average Bonchev–Trinajstić information content (AvgIpc) is 2.68. The van der Waals surface area contributed by atoms with Gasteiger partial charge in [0.2, 0.25) is 0 Å². The first-order valence-electron chi connectivity index (χ1n) is 4.20. The number of nitrogens with one attached hydrogen (secondary N) is 1. The summed E-state index contributed by atoms with van der Waals surface area (Å²) in [6.07, 6.45) is 1.70. The number of nitrogens with two attached hydrogens (primary N) is 1. The van der Waals surface area contributed by atoms with Gasteiger partial charge in [-0.25, -0.2) is 4.98 Å². The molecule has 0 spiro atoms. The predicted octanol–water partition coefficient (Wildman–Crippen LogP) is 0.496. The molecule has 3 heterocycles. The highest BCUT2D eigenvalue weighted by atomic mass is 15.3. The topological polar surface area (TPSA) is 84.9 Å². The van der Waals surface area contributed by atoms with E-state index in [1.807, 2.05) is 13.0 Å². The lowest BCUT2D eigenvalue weighted by molar-refractivity contribution is 0.929. The van der Waals surface area contributed by atoms with Gasteiger partial charge in [0.25, 0.3) is 0 Å². The molecular weight excluding hydrogens is 180 g/mol. The molecule has 0 fully saturated rings. The van der Waals surface area contributed by atoms with Gasteiger partial charge in [-0.3, -0.25) is 5.10 Å². The number of H-pyrrole nitrogens is 1. The van der Waals surface area contributed by atoms with Crippen molar-refractivity contribution in [3.63, 3.8) is 0 Å². The van der Waals surface area contributed by atoms with E-state index in [0.29, 0.717) is 11.5 Å². The molecular formula is C8H8N6. The number of aromatic nitrogens is 5. The maximum Gasteiger partial charge on any atom is 0.188 e. The van der Waals surface area contributed by atoms with Crippen molar-refractivity contribution < 1.29 is 0 Å². The lowest BCUT2D eigenvalue weighted by Gasteiger charge is -1.92. The zero-order chi connectivity index (χ0) is 9.71. The van der Waals surface area contributed by atoms with Crippen LogP contribution in [0.5, 0.6) is 0 Å². The van der Waals surface area contributed by atoms with E-state index in [2.05, 4.69) is 20.3 Å². The first-order chi connectivity index (χ1) is 6.75. The molecule has 0 radical (unpaired) electrons. The van der Waals surface area contributed by atoms with Crippen LogP contribution in [0.4, 0.5) is 5.82 Å². The highest BCUT2D eigenvalue weighted by Gasteiger charge is 2.08. The molecule has 0 saturated carbocycles. The summed E-state index contributed by atoms with van der Waals surface area (Å²) in [7, 11) is 0. The third-order valence-corrected chi connectivity index (χ3v) is 2.15. The Hall–Kier alpha value is -2.11. The molecule has 0 aliphatic rings. The van der Waals surface area contributed by atoms with Crippen molar-refractivity contribution in [3.8, 4) is 0 Å². The summed E-state index contributed by atoms with van der Waals surface area (Å²) in [6.45, 7) is 1.91. The van der Waals surface area contributed by atoms with Gasteiger partial charge in [0.05, 0.1) is 11.1 Å². The van der Waals surface area contributed by atoms with Gasteiger partial charge in [-0.05, 0) is 6.92 Å². The molecule has 0 atom stereocenters. The van der Waals surface area contributed by atoms with Crippen LogP contribution >= 0.6 is 0 Å². The van der Waals surface area contributed by atoms with E-state index in [9.17, 15) is 0 Å². The highest BCUT2D eigenvalue weighted by Crippen LogP contribution is 2.17. The molecule has 6 nitrogen and oxygen atoms in total. The second kappa shape index (κ2) is 2.22. The van der Waals surface area contributed by atoms with E-state index in [-0.39, 0.29) is 0 Å². The van der Waals surface area contributed by atoms with Crippen LogP contribution in [0.15, 0.2) is 12.3 Å². The van der Waals surface area contributed by atoms with E-state index < -0.39 is 0 Å². The van der Waals surface area contributed by atoms with Crippen LogP contribution in [-0.2, 0) is 0 Å². The zero-order valence-electron chi connectivity index (χ0n) is 7.52. The van der Waals surface area contributed by atoms with Crippen LogP contribution in [0.3, 0.4) is 0 Å². The highest BCUT2D eigenvalue weighted by molar-refractivity contribution is 5.86. The summed E-state index contributed by atoms with van der Waals surface area (Å²) in [6, 6.07) is 1.89. The Balaban J connectivity index is 2.60. The normalized spacial score (nSPS) is 11.5. The number of aromatic amines is 1. The van der Waals surface area contributed by atoms with Gasteiger partial charge in [-0.15, -0.1) is 0 Å². The van der Waals surface area contributed by atoms with Crippen LogP contribution in [0.1, 0.15) is 5.69 Å². The zero-order valence-corrected chi connectivity index (χ0v) is 7.52. The number of hydrogen-bond acceptors (Lipinski definition) is 4. The molecule has 0 bridgehead atoms. The first-order valence-corrected chi connectivity index (χ1v) is 4.20. The molecule has 6 heteroatoms. The van der Waals surface area contributed by atoms with Gasteiger partial charge in [0.1, 0.15) is 5.82 Å². The van der Waals surface area contributed by atoms with E-state index >= 15 is 0 Å². The minimum Gasteiger partial charge on any atom is -0.383 e. The molecule has 3 aromatic rings. The molecule has 0 aromatic carbocycles. The Morgan fingerprint density at radius 3 is 3.21 bits per heavy atom. The monoisotopic (exact) mass is 188 g/mol. The molecule has 0 aliphatic carbocycles. The standard InChI is InChI=1S/C8H8N6/c1-4-2-6-10-3-5-7(9)11-12-8(5)14(6)13-4/h2-3H,1H3,(H3,9,11,12). The average molecular weight is 188 g/mol. The maximum absolute atomic E-state index is 5.67. The van der Waals surface area contributed by atoms with Crippen molar-refractivity contribution in [1.29, 1.82) is 0 Å². The van der Waals surface area contributed by atoms with Crippen molar-refractivity contribution in [2.45, 2.75) is 6.92 Å². The quantitative estimate of drug-likeness (QED) is 0.537. The Morgan fingerprint density at radius 1 is 1.50 bits per heavy atom. The van der Waals surface area contributed by atoms with Crippen LogP contribution in [0.2, 0.25) is 0 Å². The van der Waals surface area contributed by atoms with Crippen molar-refractivity contribution in [2.75, 3.05) is 5.73 Å². The van der Waals surface area contributed by atoms with Gasteiger partial charge in [-0.2, -0.15) is 14.7 Å². The predicted molar refractivity (Wildman–Crippen MR) is 51.8 cm³/mol. The summed E-state index contributed by atoms with van der Waals surface area (Å²) in [4.78, 5) is 4.22.